The molecule has 0 aliphatic carbocycles. The number of ether oxygens (including phenoxy) is 1. The number of carboxylic acids is 1. The van der Waals surface area contributed by atoms with Crippen LogP contribution >= 0.6 is 0 Å². The van der Waals surface area contributed by atoms with Gasteiger partial charge in [-0.2, -0.15) is 0 Å². The maximum atomic E-state index is 10.9. The van der Waals surface area contributed by atoms with Crippen molar-refractivity contribution in [1.29, 1.82) is 0 Å². The summed E-state index contributed by atoms with van der Waals surface area (Å²) in [5.74, 6) is 0.0710. The van der Waals surface area contributed by atoms with E-state index < -0.39 is 12.0 Å². The smallest absolute Gasteiger partial charge is 0.320 e. The highest BCUT2D eigenvalue weighted by molar-refractivity contribution is 5.73. The van der Waals surface area contributed by atoms with Gasteiger partial charge in [0, 0.05) is 0 Å². The van der Waals surface area contributed by atoms with E-state index >= 15 is 0 Å². The van der Waals surface area contributed by atoms with Gasteiger partial charge in [0.05, 0.1) is 6.61 Å². The normalized spacial score (nSPS) is 12.1. The molecule has 0 heterocycles. The number of nitrogens with one attached hydrogen (secondary N) is 1. The molecule has 1 atom stereocenters. The van der Waals surface area contributed by atoms with Gasteiger partial charge < -0.3 is 15.2 Å². The van der Waals surface area contributed by atoms with Crippen LogP contribution < -0.4 is 10.1 Å². The number of carbonyl (C=O) groups is 1. The van der Waals surface area contributed by atoms with Crippen molar-refractivity contribution in [1.82, 2.24) is 5.32 Å². The molecule has 1 unspecified atom stereocenters. The molecule has 0 aliphatic rings. The Hall–Kier alpha value is -1.55. The van der Waals surface area contributed by atoms with Crippen LogP contribution in [0, 0.1) is 0 Å². The topological polar surface area (TPSA) is 58.6 Å². The van der Waals surface area contributed by atoms with Gasteiger partial charge in [-0.1, -0.05) is 31.5 Å². The van der Waals surface area contributed by atoms with E-state index in [0.717, 1.165) is 18.6 Å². The molecule has 0 saturated heterocycles. The van der Waals surface area contributed by atoms with Crippen molar-refractivity contribution in [3.05, 3.63) is 30.3 Å². The second-order valence-corrected chi connectivity index (χ2v) is 4.15. The number of para-hydroxylation sites is 1. The van der Waals surface area contributed by atoms with Crippen molar-refractivity contribution in [3.8, 4) is 5.75 Å². The minimum Gasteiger partial charge on any atom is -0.494 e. The van der Waals surface area contributed by atoms with Gasteiger partial charge in [0.25, 0.3) is 0 Å². The molecule has 0 bridgehead atoms. The Morgan fingerprint density at radius 3 is 2.72 bits per heavy atom. The first-order chi connectivity index (χ1) is 8.74. The standard InChI is InChI=1S/C14H21NO3/c1-2-7-13(14(16)17)15-10-6-11-18-12-8-4-3-5-9-12/h3-5,8-9,13,15H,2,6-7,10-11H2,1H3,(H,16,17). The molecule has 0 spiro atoms. The maximum Gasteiger partial charge on any atom is 0.320 e. The molecule has 0 amide bonds. The van der Waals surface area contributed by atoms with E-state index in [1.54, 1.807) is 0 Å². The lowest BCUT2D eigenvalue weighted by Gasteiger charge is -2.13. The van der Waals surface area contributed by atoms with E-state index in [1.165, 1.54) is 0 Å². The van der Waals surface area contributed by atoms with Gasteiger partial charge in [0.15, 0.2) is 0 Å². The van der Waals surface area contributed by atoms with Crippen molar-refractivity contribution in [2.45, 2.75) is 32.2 Å². The number of aliphatic carboxylic acids is 1. The Morgan fingerprint density at radius 2 is 2.11 bits per heavy atom. The van der Waals surface area contributed by atoms with Crippen LogP contribution in [0.2, 0.25) is 0 Å². The summed E-state index contributed by atoms with van der Waals surface area (Å²) in [5.41, 5.74) is 0. The van der Waals surface area contributed by atoms with Gasteiger partial charge in [0.1, 0.15) is 11.8 Å². The van der Waals surface area contributed by atoms with Gasteiger partial charge >= 0.3 is 5.97 Å². The first-order valence-corrected chi connectivity index (χ1v) is 6.38. The molecule has 1 rings (SSSR count). The fourth-order valence-electron chi connectivity index (χ4n) is 1.66. The van der Waals surface area contributed by atoms with Gasteiger partial charge in [-0.15, -0.1) is 0 Å². The van der Waals surface area contributed by atoms with E-state index in [-0.39, 0.29) is 0 Å². The fourth-order valence-corrected chi connectivity index (χ4v) is 1.66. The molecule has 0 aliphatic heterocycles. The van der Waals surface area contributed by atoms with Gasteiger partial charge in [-0.05, 0) is 31.5 Å². The van der Waals surface area contributed by atoms with Crippen LogP contribution in [0.4, 0.5) is 0 Å². The Balaban J connectivity index is 2.12. The number of rotatable bonds is 9. The minimum absolute atomic E-state index is 0.438. The van der Waals surface area contributed by atoms with Crippen LogP contribution in [0.1, 0.15) is 26.2 Å². The molecule has 0 aromatic heterocycles. The molecule has 0 radical (unpaired) electrons. The van der Waals surface area contributed by atoms with Crippen LogP contribution in [0.25, 0.3) is 0 Å². The number of hydrogen-bond acceptors (Lipinski definition) is 3. The third kappa shape index (κ3) is 5.68. The van der Waals surface area contributed by atoms with Crippen LogP contribution in [0.15, 0.2) is 30.3 Å². The van der Waals surface area contributed by atoms with Crippen LogP contribution in [0.5, 0.6) is 5.75 Å². The molecule has 1 aromatic carbocycles. The van der Waals surface area contributed by atoms with Gasteiger partial charge in [-0.3, -0.25) is 4.79 Å². The molecule has 0 saturated carbocycles. The van der Waals surface area contributed by atoms with Crippen LogP contribution in [-0.2, 0) is 4.79 Å². The van der Waals surface area contributed by atoms with E-state index in [1.807, 2.05) is 37.3 Å². The monoisotopic (exact) mass is 251 g/mol. The second kappa shape index (κ2) is 8.53. The van der Waals surface area contributed by atoms with Crippen molar-refractivity contribution in [2.75, 3.05) is 13.2 Å². The van der Waals surface area contributed by atoms with Gasteiger partial charge in [-0.25, -0.2) is 0 Å². The molecule has 1 aromatic rings. The van der Waals surface area contributed by atoms with Crippen LogP contribution in [0.3, 0.4) is 0 Å². The number of carboxylic acid groups (broad SMARTS) is 1. The molecule has 4 nitrogen and oxygen atoms in total. The predicted molar refractivity (Wildman–Crippen MR) is 70.9 cm³/mol. The first kappa shape index (κ1) is 14.5. The summed E-state index contributed by atoms with van der Waals surface area (Å²) in [6.07, 6.45) is 2.32. The third-order valence-electron chi connectivity index (χ3n) is 2.60. The Kier molecular flexibility index (Phi) is 6.87. The summed E-state index contributed by atoms with van der Waals surface area (Å²) in [5, 5.41) is 12.0. The average molecular weight is 251 g/mol. The van der Waals surface area contributed by atoms with E-state index in [4.69, 9.17) is 9.84 Å². The zero-order valence-corrected chi connectivity index (χ0v) is 10.8. The SMILES string of the molecule is CCCC(NCCCOc1ccccc1)C(=O)O. The highest BCUT2D eigenvalue weighted by Crippen LogP contribution is 2.08. The highest BCUT2D eigenvalue weighted by atomic mass is 16.5. The summed E-state index contributed by atoms with van der Waals surface area (Å²) in [6, 6.07) is 9.17. The number of benzene rings is 1. The molecular weight excluding hydrogens is 230 g/mol. The molecule has 4 heteroatoms. The first-order valence-electron chi connectivity index (χ1n) is 6.38. The summed E-state index contributed by atoms with van der Waals surface area (Å²) >= 11 is 0. The van der Waals surface area contributed by atoms with Crippen molar-refractivity contribution < 1.29 is 14.6 Å². The zero-order valence-electron chi connectivity index (χ0n) is 10.8. The van der Waals surface area contributed by atoms with E-state index in [9.17, 15) is 4.79 Å². The zero-order chi connectivity index (χ0) is 13.2. The van der Waals surface area contributed by atoms with Crippen molar-refractivity contribution in [3.63, 3.8) is 0 Å². The van der Waals surface area contributed by atoms with Crippen molar-refractivity contribution >= 4 is 5.97 Å². The average Bonchev–Trinajstić information content (AvgIpc) is 2.38. The quantitative estimate of drug-likeness (QED) is 0.661. The summed E-state index contributed by atoms with van der Waals surface area (Å²) in [7, 11) is 0. The van der Waals surface area contributed by atoms with Crippen LogP contribution in [-0.4, -0.2) is 30.3 Å². The maximum absolute atomic E-state index is 10.9. The molecule has 18 heavy (non-hydrogen) atoms. The lowest BCUT2D eigenvalue weighted by Crippen LogP contribution is -2.37. The Morgan fingerprint density at radius 1 is 1.39 bits per heavy atom. The summed E-state index contributed by atoms with van der Waals surface area (Å²) in [6.45, 7) is 3.23. The lowest BCUT2D eigenvalue weighted by molar-refractivity contribution is -0.139. The molecule has 2 N–H and O–H groups in total. The fraction of sp³-hybridized carbons (Fsp3) is 0.500. The predicted octanol–water partition coefficient (Wildman–Crippen LogP) is 2.30. The molecule has 100 valence electrons. The summed E-state index contributed by atoms with van der Waals surface area (Å²) in [4.78, 5) is 10.9. The van der Waals surface area contributed by atoms with Crippen molar-refractivity contribution in [2.24, 2.45) is 0 Å². The molecular formula is C14H21NO3. The number of hydrogen-bond donors (Lipinski definition) is 2. The summed E-state index contributed by atoms with van der Waals surface area (Å²) < 4.78 is 5.52. The largest absolute Gasteiger partial charge is 0.494 e. The third-order valence-corrected chi connectivity index (χ3v) is 2.60. The Bertz CT molecular complexity index is 340. The van der Waals surface area contributed by atoms with E-state index in [0.29, 0.717) is 19.6 Å². The minimum atomic E-state index is -0.777. The van der Waals surface area contributed by atoms with E-state index in [2.05, 4.69) is 5.32 Å². The second-order valence-electron chi connectivity index (χ2n) is 4.15. The lowest BCUT2D eigenvalue weighted by atomic mass is 10.1. The van der Waals surface area contributed by atoms with Gasteiger partial charge in [0.2, 0.25) is 0 Å². The molecule has 0 fully saturated rings. The Labute approximate surface area is 108 Å². The highest BCUT2D eigenvalue weighted by Gasteiger charge is 2.14.